The Morgan fingerprint density at radius 2 is 2.13 bits per heavy atom. The van der Waals surface area contributed by atoms with Crippen LogP contribution in [0.4, 0.5) is 0 Å². The van der Waals surface area contributed by atoms with Crippen LogP contribution in [0, 0.1) is 5.92 Å². The number of allylic oxidation sites excluding steroid dienone is 3. The highest BCUT2D eigenvalue weighted by atomic mass is 16.1. The van der Waals surface area contributed by atoms with Crippen LogP contribution in [0.25, 0.3) is 5.70 Å². The number of aliphatic imine (C=N–C) groups is 1. The van der Waals surface area contributed by atoms with Gasteiger partial charge in [0, 0.05) is 42.5 Å². The van der Waals surface area contributed by atoms with Crippen LogP contribution >= 0.6 is 0 Å². The number of piperidine rings is 1. The lowest BCUT2D eigenvalue weighted by atomic mass is 9.97. The molecule has 0 saturated carbocycles. The van der Waals surface area contributed by atoms with Gasteiger partial charge < -0.3 is 21.3 Å². The summed E-state index contributed by atoms with van der Waals surface area (Å²) >= 11 is 0. The molecule has 4 rings (SSSR count). The number of amides is 1. The molecule has 3 heterocycles. The molecule has 0 atom stereocenters. The zero-order chi connectivity index (χ0) is 21.1. The second kappa shape index (κ2) is 8.88. The Balaban J connectivity index is 1.44. The van der Waals surface area contributed by atoms with Gasteiger partial charge in [-0.1, -0.05) is 18.2 Å². The molecule has 1 fully saturated rings. The van der Waals surface area contributed by atoms with Gasteiger partial charge in [-0.3, -0.25) is 9.79 Å². The van der Waals surface area contributed by atoms with Crippen molar-refractivity contribution in [3.05, 3.63) is 64.6 Å². The predicted molar refractivity (Wildman–Crippen MR) is 122 cm³/mol. The maximum absolute atomic E-state index is 12.7. The van der Waals surface area contributed by atoms with Gasteiger partial charge >= 0.3 is 0 Å². The van der Waals surface area contributed by atoms with E-state index in [0.29, 0.717) is 24.3 Å². The van der Waals surface area contributed by atoms with Gasteiger partial charge in [-0.15, -0.1) is 0 Å². The first-order valence-electron chi connectivity index (χ1n) is 10.8. The third kappa shape index (κ3) is 4.65. The number of rotatable bonds is 4. The number of nitrogens with two attached hydrogens (primary N) is 1. The minimum atomic E-state index is -0.0116. The molecular weight excluding hydrogens is 374 g/mol. The summed E-state index contributed by atoms with van der Waals surface area (Å²) in [6, 6.07) is 7.77. The van der Waals surface area contributed by atoms with Crippen LogP contribution < -0.4 is 16.4 Å². The van der Waals surface area contributed by atoms with Gasteiger partial charge in [-0.05, 0) is 69.1 Å². The van der Waals surface area contributed by atoms with Crippen molar-refractivity contribution in [2.75, 3.05) is 26.7 Å². The molecule has 158 valence electrons. The number of hydrogen-bond donors (Lipinski definition) is 3. The van der Waals surface area contributed by atoms with Gasteiger partial charge in [-0.25, -0.2) is 0 Å². The lowest BCUT2D eigenvalue weighted by molar-refractivity contribution is 0.0939. The van der Waals surface area contributed by atoms with Crippen LogP contribution in [0.5, 0.6) is 0 Å². The standard InChI is InChI=1S/C24H31N5O/c1-16-12-20(25)23-22(26-14-16)7-6-21(28-23)18-4-3-5-19(13-18)24(30)27-15-17-8-10-29(2)11-9-17/h3-6,13-14,17,28H,7-12,15,25H2,1-2H3,(H,27,30). The van der Waals surface area contributed by atoms with Gasteiger partial charge in [0.05, 0.1) is 11.4 Å². The summed E-state index contributed by atoms with van der Waals surface area (Å²) in [5.74, 6) is 0.554. The molecule has 6 nitrogen and oxygen atoms in total. The van der Waals surface area contributed by atoms with Gasteiger partial charge in [0.2, 0.25) is 0 Å². The van der Waals surface area contributed by atoms with Crippen molar-refractivity contribution in [1.82, 2.24) is 15.5 Å². The molecule has 0 radical (unpaired) electrons. The zero-order valence-corrected chi connectivity index (χ0v) is 17.9. The average molecular weight is 406 g/mol. The minimum absolute atomic E-state index is 0.0116. The molecule has 3 aliphatic heterocycles. The average Bonchev–Trinajstić information content (AvgIpc) is 2.90. The van der Waals surface area contributed by atoms with Crippen LogP contribution in [-0.2, 0) is 0 Å². The molecule has 0 aliphatic carbocycles. The Bertz CT molecular complexity index is 948. The summed E-state index contributed by atoms with van der Waals surface area (Å²) in [7, 11) is 2.15. The number of likely N-dealkylation sites (tertiary alicyclic amines) is 1. The molecule has 0 bridgehead atoms. The van der Waals surface area contributed by atoms with Crippen molar-refractivity contribution in [3.8, 4) is 0 Å². The molecule has 30 heavy (non-hydrogen) atoms. The number of nitrogens with one attached hydrogen (secondary N) is 2. The van der Waals surface area contributed by atoms with E-state index in [-0.39, 0.29) is 5.91 Å². The normalized spacial score (nSPS) is 20.4. The second-order valence-electron chi connectivity index (χ2n) is 8.61. The number of carbonyl (C=O) groups excluding carboxylic acids is 1. The fraction of sp³-hybridized carbons (Fsp3) is 0.417. The van der Waals surface area contributed by atoms with E-state index in [1.165, 1.54) is 0 Å². The van der Waals surface area contributed by atoms with Gasteiger partial charge in [-0.2, -0.15) is 0 Å². The monoisotopic (exact) mass is 405 g/mol. The minimum Gasteiger partial charge on any atom is -0.400 e. The van der Waals surface area contributed by atoms with Gasteiger partial charge in [0.1, 0.15) is 0 Å². The van der Waals surface area contributed by atoms with Crippen LogP contribution in [0.3, 0.4) is 0 Å². The Morgan fingerprint density at radius 1 is 1.33 bits per heavy atom. The van der Waals surface area contributed by atoms with E-state index in [0.717, 1.165) is 66.4 Å². The van der Waals surface area contributed by atoms with Gasteiger partial charge in [0.15, 0.2) is 0 Å². The number of fused-ring (bicyclic) bond motifs is 1. The summed E-state index contributed by atoms with van der Waals surface area (Å²) < 4.78 is 0. The second-order valence-corrected chi connectivity index (χ2v) is 8.61. The van der Waals surface area contributed by atoms with Gasteiger partial charge in [0.25, 0.3) is 5.91 Å². The summed E-state index contributed by atoms with van der Waals surface area (Å²) in [5, 5.41) is 6.58. The van der Waals surface area contributed by atoms with Crippen molar-refractivity contribution in [3.63, 3.8) is 0 Å². The summed E-state index contributed by atoms with van der Waals surface area (Å²) in [6.07, 6.45) is 7.71. The zero-order valence-electron chi connectivity index (χ0n) is 17.9. The molecule has 1 saturated heterocycles. The molecule has 1 amide bonds. The quantitative estimate of drug-likeness (QED) is 0.719. The topological polar surface area (TPSA) is 82.8 Å². The molecule has 0 aromatic heterocycles. The number of hydrogen-bond acceptors (Lipinski definition) is 5. The predicted octanol–water partition coefficient (Wildman–Crippen LogP) is 3.01. The van der Waals surface area contributed by atoms with Crippen molar-refractivity contribution in [2.24, 2.45) is 16.6 Å². The lowest BCUT2D eigenvalue weighted by Gasteiger charge is -2.29. The largest absolute Gasteiger partial charge is 0.400 e. The van der Waals surface area contributed by atoms with E-state index >= 15 is 0 Å². The highest BCUT2D eigenvalue weighted by Gasteiger charge is 2.21. The molecule has 3 aliphatic rings. The van der Waals surface area contributed by atoms with Crippen LogP contribution in [-0.4, -0.2) is 43.2 Å². The maximum Gasteiger partial charge on any atom is 0.251 e. The van der Waals surface area contributed by atoms with E-state index in [1.54, 1.807) is 0 Å². The van der Waals surface area contributed by atoms with Crippen molar-refractivity contribution >= 4 is 17.3 Å². The number of nitrogens with zero attached hydrogens (tertiary/aromatic N) is 2. The van der Waals surface area contributed by atoms with E-state index in [9.17, 15) is 4.79 Å². The van der Waals surface area contributed by atoms with Crippen LogP contribution in [0.1, 0.15) is 48.5 Å². The van der Waals surface area contributed by atoms with Crippen molar-refractivity contribution in [2.45, 2.75) is 32.6 Å². The number of benzene rings is 1. The Morgan fingerprint density at radius 3 is 2.93 bits per heavy atom. The third-order valence-corrected chi connectivity index (χ3v) is 6.10. The van der Waals surface area contributed by atoms with Crippen LogP contribution in [0.2, 0.25) is 0 Å². The van der Waals surface area contributed by atoms with Crippen LogP contribution in [0.15, 0.2) is 58.5 Å². The molecule has 0 unspecified atom stereocenters. The van der Waals surface area contributed by atoms with Crippen molar-refractivity contribution in [1.29, 1.82) is 0 Å². The fourth-order valence-corrected chi connectivity index (χ4v) is 4.19. The first kappa shape index (κ1) is 20.4. The smallest absolute Gasteiger partial charge is 0.251 e. The Kier molecular flexibility index (Phi) is 6.04. The summed E-state index contributed by atoms with van der Waals surface area (Å²) in [5.41, 5.74) is 12.8. The first-order valence-corrected chi connectivity index (χ1v) is 10.8. The van der Waals surface area contributed by atoms with E-state index in [1.807, 2.05) is 37.4 Å². The lowest BCUT2D eigenvalue weighted by Crippen LogP contribution is -2.36. The highest BCUT2D eigenvalue weighted by Crippen LogP contribution is 2.25. The highest BCUT2D eigenvalue weighted by molar-refractivity contribution is 6.05. The first-order chi connectivity index (χ1) is 14.5. The molecular formula is C24H31N5O. The van der Waals surface area contributed by atoms with E-state index in [2.05, 4.69) is 33.6 Å². The molecule has 6 heteroatoms. The summed E-state index contributed by atoms with van der Waals surface area (Å²) in [6.45, 7) is 4.99. The van der Waals surface area contributed by atoms with E-state index in [4.69, 9.17) is 5.73 Å². The Hall–Kier alpha value is -2.86. The van der Waals surface area contributed by atoms with E-state index < -0.39 is 0 Å². The molecule has 0 spiro atoms. The fourth-order valence-electron chi connectivity index (χ4n) is 4.19. The van der Waals surface area contributed by atoms with Crippen molar-refractivity contribution < 1.29 is 4.79 Å². The maximum atomic E-state index is 12.7. The SMILES string of the molecule is CC1=CN=C2CC=C(c3cccc(C(=O)NCC4CCN(C)CC4)c3)NC2=C(N)C1. The Labute approximate surface area is 178 Å². The molecule has 4 N–H and O–H groups in total. The molecule has 1 aromatic carbocycles. The summed E-state index contributed by atoms with van der Waals surface area (Å²) in [4.78, 5) is 19.6. The number of carbonyl (C=O) groups is 1. The third-order valence-electron chi connectivity index (χ3n) is 6.10. The molecule has 1 aromatic rings.